The number of pyridine rings is 1. The van der Waals surface area contributed by atoms with Crippen LogP contribution in [-0.2, 0) is 4.79 Å². The molecule has 2 rings (SSSR count). The molecule has 1 unspecified atom stereocenters. The summed E-state index contributed by atoms with van der Waals surface area (Å²) >= 11 is 0. The summed E-state index contributed by atoms with van der Waals surface area (Å²) in [5.41, 5.74) is 1.09. The van der Waals surface area contributed by atoms with E-state index in [1.807, 2.05) is 24.1 Å². The Balaban J connectivity index is 2.13. The minimum Gasteiger partial charge on any atom is -0.373 e. The van der Waals surface area contributed by atoms with Gasteiger partial charge in [-0.25, -0.2) is 4.98 Å². The van der Waals surface area contributed by atoms with Crippen LogP contribution in [0, 0.1) is 0 Å². The summed E-state index contributed by atoms with van der Waals surface area (Å²) in [4.78, 5) is 17.9. The average Bonchev–Trinajstić information content (AvgIpc) is 2.39. The normalized spacial score (nSPS) is 20.1. The van der Waals surface area contributed by atoms with Gasteiger partial charge in [-0.15, -0.1) is 0 Å². The molecular weight excluding hydrogens is 214 g/mol. The van der Waals surface area contributed by atoms with Crippen LogP contribution in [0.2, 0.25) is 0 Å². The van der Waals surface area contributed by atoms with Gasteiger partial charge in [-0.05, 0) is 25.0 Å². The summed E-state index contributed by atoms with van der Waals surface area (Å²) in [5.74, 6) is 1.43. The first-order valence-corrected chi connectivity index (χ1v) is 6.11. The number of piperidine rings is 1. The Morgan fingerprint density at radius 2 is 2.35 bits per heavy atom. The van der Waals surface area contributed by atoms with Crippen molar-refractivity contribution in [3.05, 3.63) is 23.9 Å². The number of hydrogen-bond acceptors (Lipinski definition) is 3. The van der Waals surface area contributed by atoms with Gasteiger partial charge in [-0.2, -0.15) is 0 Å². The summed E-state index contributed by atoms with van der Waals surface area (Å²) in [6, 6.07) is 6.02. The van der Waals surface area contributed by atoms with Crippen molar-refractivity contribution in [1.29, 1.82) is 0 Å². The Labute approximate surface area is 102 Å². The van der Waals surface area contributed by atoms with Gasteiger partial charge < -0.3 is 10.2 Å². The largest absolute Gasteiger partial charge is 0.373 e. The number of hydrogen-bond donors (Lipinski definition) is 1. The highest BCUT2D eigenvalue weighted by Crippen LogP contribution is 2.26. The van der Waals surface area contributed by atoms with E-state index in [4.69, 9.17) is 0 Å². The number of carbonyl (C=O) groups excluding carboxylic acids is 1. The Hall–Kier alpha value is -1.58. The maximum atomic E-state index is 11.4. The summed E-state index contributed by atoms with van der Waals surface area (Å²) in [5, 5.41) is 3.05. The molecule has 92 valence electrons. The van der Waals surface area contributed by atoms with Gasteiger partial charge in [0.15, 0.2) is 0 Å². The summed E-state index contributed by atoms with van der Waals surface area (Å²) in [6.07, 6.45) is 2.18. The van der Waals surface area contributed by atoms with Crippen LogP contribution >= 0.6 is 0 Å². The maximum absolute atomic E-state index is 11.4. The molecule has 0 aliphatic carbocycles. The fourth-order valence-corrected chi connectivity index (χ4v) is 2.32. The SMILES string of the molecule is CNc1cccc(C2CCCN(C(C)=O)C2)n1. The average molecular weight is 233 g/mol. The van der Waals surface area contributed by atoms with Crippen LogP contribution in [0.1, 0.15) is 31.4 Å². The van der Waals surface area contributed by atoms with Crippen molar-refractivity contribution >= 4 is 11.7 Å². The second kappa shape index (κ2) is 5.17. The summed E-state index contributed by atoms with van der Waals surface area (Å²) in [6.45, 7) is 3.33. The second-order valence-corrected chi connectivity index (χ2v) is 4.50. The van der Waals surface area contributed by atoms with Crippen molar-refractivity contribution < 1.29 is 4.79 Å². The lowest BCUT2D eigenvalue weighted by Crippen LogP contribution is -2.37. The molecule has 1 aromatic rings. The summed E-state index contributed by atoms with van der Waals surface area (Å²) in [7, 11) is 1.87. The quantitative estimate of drug-likeness (QED) is 0.848. The number of likely N-dealkylation sites (tertiary alicyclic amines) is 1. The number of nitrogens with zero attached hydrogens (tertiary/aromatic N) is 2. The van der Waals surface area contributed by atoms with E-state index >= 15 is 0 Å². The smallest absolute Gasteiger partial charge is 0.219 e. The zero-order valence-corrected chi connectivity index (χ0v) is 10.4. The minimum absolute atomic E-state index is 0.166. The lowest BCUT2D eigenvalue weighted by molar-refractivity contribution is -0.130. The lowest BCUT2D eigenvalue weighted by atomic mass is 9.94. The molecule has 1 N–H and O–H groups in total. The van der Waals surface area contributed by atoms with Crippen LogP contribution in [0.5, 0.6) is 0 Å². The molecule has 1 atom stereocenters. The van der Waals surface area contributed by atoms with E-state index < -0.39 is 0 Å². The molecule has 1 aliphatic heterocycles. The fraction of sp³-hybridized carbons (Fsp3) is 0.538. The lowest BCUT2D eigenvalue weighted by Gasteiger charge is -2.31. The Kier molecular flexibility index (Phi) is 3.61. The highest BCUT2D eigenvalue weighted by molar-refractivity contribution is 5.73. The Bertz CT molecular complexity index is 405. The predicted octanol–water partition coefficient (Wildman–Crippen LogP) is 1.85. The van der Waals surface area contributed by atoms with Crippen LogP contribution in [-0.4, -0.2) is 35.9 Å². The first-order chi connectivity index (χ1) is 8.20. The maximum Gasteiger partial charge on any atom is 0.219 e. The van der Waals surface area contributed by atoms with Crippen molar-refractivity contribution in [1.82, 2.24) is 9.88 Å². The van der Waals surface area contributed by atoms with Gasteiger partial charge in [-0.3, -0.25) is 4.79 Å². The molecule has 0 bridgehead atoms. The van der Waals surface area contributed by atoms with Gasteiger partial charge in [0.25, 0.3) is 0 Å². The zero-order chi connectivity index (χ0) is 12.3. The van der Waals surface area contributed by atoms with Gasteiger partial charge in [0.1, 0.15) is 5.82 Å². The van der Waals surface area contributed by atoms with E-state index in [9.17, 15) is 4.79 Å². The van der Waals surface area contributed by atoms with Crippen molar-refractivity contribution in [3.63, 3.8) is 0 Å². The minimum atomic E-state index is 0.166. The van der Waals surface area contributed by atoms with E-state index in [0.717, 1.165) is 37.4 Å². The third-order valence-corrected chi connectivity index (χ3v) is 3.31. The first-order valence-electron chi connectivity index (χ1n) is 6.11. The molecule has 17 heavy (non-hydrogen) atoms. The number of anilines is 1. The molecule has 0 aromatic carbocycles. The van der Waals surface area contributed by atoms with Crippen LogP contribution in [0.4, 0.5) is 5.82 Å². The fourth-order valence-electron chi connectivity index (χ4n) is 2.32. The number of rotatable bonds is 2. The summed E-state index contributed by atoms with van der Waals surface area (Å²) < 4.78 is 0. The molecule has 0 spiro atoms. The third kappa shape index (κ3) is 2.75. The molecule has 4 heteroatoms. The van der Waals surface area contributed by atoms with E-state index in [1.165, 1.54) is 0 Å². The van der Waals surface area contributed by atoms with E-state index in [-0.39, 0.29) is 5.91 Å². The molecule has 2 heterocycles. The number of aromatic nitrogens is 1. The van der Waals surface area contributed by atoms with E-state index in [1.54, 1.807) is 6.92 Å². The zero-order valence-electron chi connectivity index (χ0n) is 10.4. The van der Waals surface area contributed by atoms with Gasteiger partial charge in [0.2, 0.25) is 5.91 Å². The van der Waals surface area contributed by atoms with Crippen molar-refractivity contribution in [2.24, 2.45) is 0 Å². The second-order valence-electron chi connectivity index (χ2n) is 4.50. The third-order valence-electron chi connectivity index (χ3n) is 3.31. The van der Waals surface area contributed by atoms with Crippen LogP contribution in [0.15, 0.2) is 18.2 Å². The predicted molar refractivity (Wildman–Crippen MR) is 68.0 cm³/mol. The van der Waals surface area contributed by atoms with Gasteiger partial charge in [-0.1, -0.05) is 6.07 Å². The standard InChI is InChI=1S/C13H19N3O/c1-10(17)16-8-4-5-11(9-16)12-6-3-7-13(14-2)15-12/h3,6-7,11H,4-5,8-9H2,1-2H3,(H,14,15). The molecule has 1 saturated heterocycles. The van der Waals surface area contributed by atoms with Crippen LogP contribution < -0.4 is 5.32 Å². The van der Waals surface area contributed by atoms with Crippen molar-refractivity contribution in [2.75, 3.05) is 25.5 Å². The van der Waals surface area contributed by atoms with Gasteiger partial charge in [0.05, 0.1) is 0 Å². The molecule has 4 nitrogen and oxygen atoms in total. The molecule has 0 radical (unpaired) electrons. The highest BCUT2D eigenvalue weighted by atomic mass is 16.2. The Morgan fingerprint density at radius 1 is 1.53 bits per heavy atom. The molecule has 1 aliphatic rings. The molecular formula is C13H19N3O. The van der Waals surface area contributed by atoms with E-state index in [2.05, 4.69) is 16.4 Å². The van der Waals surface area contributed by atoms with Crippen molar-refractivity contribution in [3.8, 4) is 0 Å². The molecule has 0 saturated carbocycles. The highest BCUT2D eigenvalue weighted by Gasteiger charge is 2.23. The number of carbonyl (C=O) groups is 1. The Morgan fingerprint density at radius 3 is 3.06 bits per heavy atom. The van der Waals surface area contributed by atoms with Crippen LogP contribution in [0.3, 0.4) is 0 Å². The topological polar surface area (TPSA) is 45.2 Å². The van der Waals surface area contributed by atoms with Gasteiger partial charge >= 0.3 is 0 Å². The van der Waals surface area contributed by atoms with Crippen molar-refractivity contribution in [2.45, 2.75) is 25.7 Å². The van der Waals surface area contributed by atoms with E-state index in [0.29, 0.717) is 5.92 Å². The number of amides is 1. The molecule has 1 fully saturated rings. The molecule has 1 amide bonds. The first kappa shape index (κ1) is 11.9. The molecule has 1 aromatic heterocycles. The van der Waals surface area contributed by atoms with Gasteiger partial charge in [0, 0.05) is 38.7 Å². The number of nitrogens with one attached hydrogen (secondary N) is 1. The monoisotopic (exact) mass is 233 g/mol. The van der Waals surface area contributed by atoms with Crippen LogP contribution in [0.25, 0.3) is 0 Å².